The Labute approximate surface area is 180 Å². The van der Waals surface area contributed by atoms with Crippen LogP contribution in [-0.4, -0.2) is 65.4 Å². The lowest BCUT2D eigenvalue weighted by molar-refractivity contribution is -0.178. The first-order chi connectivity index (χ1) is 14.5. The lowest BCUT2D eigenvalue weighted by Crippen LogP contribution is -2.54. The molecule has 4 rings (SSSR count). The third-order valence-electron chi connectivity index (χ3n) is 4.71. The summed E-state index contributed by atoms with van der Waals surface area (Å²) in [6.45, 7) is -0.450. The van der Waals surface area contributed by atoms with Crippen molar-refractivity contribution in [1.29, 1.82) is 0 Å². The fraction of sp³-hybridized carbons (Fsp3) is 0.316. The number of hydrogen-bond donors (Lipinski definition) is 3. The van der Waals surface area contributed by atoms with Crippen LogP contribution in [0.4, 0.5) is 4.39 Å². The zero-order valence-corrected chi connectivity index (χ0v) is 17.0. The van der Waals surface area contributed by atoms with Crippen molar-refractivity contribution in [2.45, 2.75) is 34.7 Å². The highest BCUT2D eigenvalue weighted by Crippen LogP contribution is 2.38. The first-order valence-corrected chi connectivity index (χ1v) is 10.3. The summed E-state index contributed by atoms with van der Waals surface area (Å²) in [5, 5.41) is 35.9. The van der Waals surface area contributed by atoms with Crippen LogP contribution in [0.25, 0.3) is 11.3 Å². The van der Waals surface area contributed by atoms with Crippen LogP contribution in [-0.2, 0) is 4.74 Å². The number of aliphatic hydroxyl groups is 3. The maximum Gasteiger partial charge on any atom is 0.136 e. The van der Waals surface area contributed by atoms with Gasteiger partial charge in [0.2, 0.25) is 0 Å². The highest BCUT2D eigenvalue weighted by atomic mass is 35.5. The largest absolute Gasteiger partial charge is 0.394 e. The number of aliphatic hydroxyl groups excluding tert-OH is 3. The molecule has 1 aliphatic rings. The van der Waals surface area contributed by atoms with E-state index in [4.69, 9.17) is 16.3 Å². The van der Waals surface area contributed by atoms with Crippen LogP contribution in [0, 0.1) is 5.82 Å². The summed E-state index contributed by atoms with van der Waals surface area (Å²) in [5.74, 6) is -0.439. The minimum atomic E-state index is -1.23. The minimum absolute atomic E-state index is 0.368. The van der Waals surface area contributed by atoms with Crippen molar-refractivity contribution in [2.75, 3.05) is 6.61 Å². The molecule has 3 aromatic heterocycles. The van der Waals surface area contributed by atoms with Gasteiger partial charge in [-0.2, -0.15) is 5.10 Å². The number of pyridine rings is 2. The van der Waals surface area contributed by atoms with Crippen LogP contribution in [0.1, 0.15) is 6.04 Å². The normalized spacial score (nSPS) is 26.6. The molecule has 3 N–H and O–H groups in total. The summed E-state index contributed by atoms with van der Waals surface area (Å²) >= 11 is 7.14. The van der Waals surface area contributed by atoms with Gasteiger partial charge in [-0.05, 0) is 12.1 Å². The summed E-state index contributed by atoms with van der Waals surface area (Å²) in [4.78, 5) is 8.77. The van der Waals surface area contributed by atoms with Crippen molar-refractivity contribution in [3.63, 3.8) is 0 Å². The van der Waals surface area contributed by atoms with Gasteiger partial charge in [-0.1, -0.05) is 23.4 Å². The van der Waals surface area contributed by atoms with E-state index >= 15 is 0 Å². The van der Waals surface area contributed by atoms with Gasteiger partial charge in [0, 0.05) is 41.3 Å². The van der Waals surface area contributed by atoms with Gasteiger partial charge in [-0.15, -0.1) is 0 Å². The molecule has 8 nitrogen and oxygen atoms in total. The molecule has 5 atom stereocenters. The molecule has 30 heavy (non-hydrogen) atoms. The molecule has 0 spiro atoms. The van der Waals surface area contributed by atoms with Crippen LogP contribution in [0.2, 0.25) is 5.02 Å². The lowest BCUT2D eigenvalue weighted by atomic mass is 9.97. The SMILES string of the molecule is OCC1O[C@H](Sc2cncc(Cl)c2)C(O)[C@@H](n2cc(-c3cc(F)ccn3)cn2)[C@H]1O. The number of hydrogen-bond acceptors (Lipinski definition) is 8. The van der Waals surface area contributed by atoms with Gasteiger partial charge in [0.05, 0.1) is 23.5 Å². The van der Waals surface area contributed by atoms with Crippen LogP contribution in [0.3, 0.4) is 0 Å². The van der Waals surface area contributed by atoms with Crippen molar-refractivity contribution in [1.82, 2.24) is 19.7 Å². The summed E-state index contributed by atoms with van der Waals surface area (Å²) in [7, 11) is 0. The van der Waals surface area contributed by atoms with E-state index in [-0.39, 0.29) is 0 Å². The average Bonchev–Trinajstić information content (AvgIpc) is 3.20. The van der Waals surface area contributed by atoms with E-state index in [1.165, 1.54) is 47.2 Å². The average molecular weight is 453 g/mol. The maximum atomic E-state index is 13.5. The molecule has 0 aromatic carbocycles. The predicted molar refractivity (Wildman–Crippen MR) is 107 cm³/mol. The van der Waals surface area contributed by atoms with Crippen molar-refractivity contribution in [3.8, 4) is 11.3 Å². The molecular weight excluding hydrogens is 435 g/mol. The summed E-state index contributed by atoms with van der Waals surface area (Å²) in [6.07, 6.45) is 4.07. The Hall–Kier alpha value is -2.08. The van der Waals surface area contributed by atoms with E-state index in [9.17, 15) is 19.7 Å². The topological polar surface area (TPSA) is 114 Å². The lowest BCUT2D eigenvalue weighted by Gasteiger charge is -2.42. The van der Waals surface area contributed by atoms with E-state index in [2.05, 4.69) is 15.1 Å². The molecule has 0 radical (unpaired) electrons. The first-order valence-electron chi connectivity index (χ1n) is 9.02. The van der Waals surface area contributed by atoms with Gasteiger partial charge in [-0.3, -0.25) is 14.6 Å². The molecule has 2 unspecified atom stereocenters. The molecule has 0 aliphatic carbocycles. The Morgan fingerprint density at radius 2 is 2.03 bits per heavy atom. The number of rotatable bonds is 5. The van der Waals surface area contributed by atoms with E-state index in [1.54, 1.807) is 18.5 Å². The van der Waals surface area contributed by atoms with Crippen molar-refractivity contribution in [2.24, 2.45) is 0 Å². The molecule has 3 aromatic rings. The summed E-state index contributed by atoms with van der Waals surface area (Å²) in [6, 6.07) is 3.26. The van der Waals surface area contributed by atoms with Crippen molar-refractivity contribution in [3.05, 3.63) is 60.0 Å². The highest BCUT2D eigenvalue weighted by molar-refractivity contribution is 7.99. The molecule has 1 saturated heterocycles. The zero-order valence-electron chi connectivity index (χ0n) is 15.4. The number of halogens is 2. The van der Waals surface area contributed by atoms with E-state index in [0.29, 0.717) is 21.2 Å². The Morgan fingerprint density at radius 1 is 1.20 bits per heavy atom. The van der Waals surface area contributed by atoms with Gasteiger partial charge in [0.25, 0.3) is 0 Å². The fourth-order valence-corrected chi connectivity index (χ4v) is 4.59. The molecule has 158 valence electrons. The standard InChI is InChI=1S/C19H18ClFN4O4S/c20-11-3-13(7-22-6-11)30-19-18(28)16(17(27)15(9-26)29-19)25-8-10(5-24-25)14-4-12(21)1-2-23-14/h1-8,15-19,26-28H,9H2/t15?,16-,17-,18?,19+/m0/s1. The van der Waals surface area contributed by atoms with Crippen LogP contribution in [0.5, 0.6) is 0 Å². The van der Waals surface area contributed by atoms with Crippen molar-refractivity contribution >= 4 is 23.4 Å². The third-order valence-corrected chi connectivity index (χ3v) is 6.03. The number of ether oxygens (including phenoxy) is 1. The Bertz CT molecular complexity index is 1030. The molecule has 1 fully saturated rings. The van der Waals surface area contributed by atoms with Crippen LogP contribution < -0.4 is 0 Å². The van der Waals surface area contributed by atoms with Crippen LogP contribution in [0.15, 0.2) is 54.1 Å². The third kappa shape index (κ3) is 4.34. The summed E-state index contributed by atoms with van der Waals surface area (Å²) < 4.78 is 20.6. The van der Waals surface area contributed by atoms with Gasteiger partial charge in [0.15, 0.2) is 0 Å². The van der Waals surface area contributed by atoms with E-state index < -0.39 is 42.2 Å². The molecule has 1 aliphatic heterocycles. The second kappa shape index (κ2) is 8.96. The quantitative estimate of drug-likeness (QED) is 0.538. The first kappa shape index (κ1) is 21.2. The van der Waals surface area contributed by atoms with Gasteiger partial charge < -0.3 is 20.1 Å². The molecule has 0 bridgehead atoms. The second-order valence-corrected chi connectivity index (χ2v) is 8.33. The Morgan fingerprint density at radius 3 is 2.77 bits per heavy atom. The summed E-state index contributed by atoms with van der Waals surface area (Å²) in [5.41, 5.74) is 0.0619. The molecule has 11 heteroatoms. The Kier molecular flexibility index (Phi) is 6.32. The van der Waals surface area contributed by atoms with Crippen LogP contribution >= 0.6 is 23.4 Å². The van der Waals surface area contributed by atoms with E-state index in [0.717, 1.165) is 0 Å². The number of thioether (sulfide) groups is 1. The minimum Gasteiger partial charge on any atom is -0.394 e. The molecule has 0 amide bonds. The molecule has 4 heterocycles. The number of nitrogens with zero attached hydrogens (tertiary/aromatic N) is 4. The van der Waals surface area contributed by atoms with Gasteiger partial charge >= 0.3 is 0 Å². The molecule has 0 saturated carbocycles. The maximum absolute atomic E-state index is 13.5. The predicted octanol–water partition coefficient (Wildman–Crippen LogP) is 1.90. The number of aromatic nitrogens is 4. The van der Waals surface area contributed by atoms with Gasteiger partial charge in [0.1, 0.15) is 35.6 Å². The monoisotopic (exact) mass is 452 g/mol. The zero-order chi connectivity index (χ0) is 21.3. The Balaban J connectivity index is 1.62. The smallest absolute Gasteiger partial charge is 0.136 e. The highest BCUT2D eigenvalue weighted by Gasteiger charge is 2.46. The molecular formula is C19H18ClFN4O4S. The van der Waals surface area contributed by atoms with Crippen molar-refractivity contribution < 1.29 is 24.4 Å². The van der Waals surface area contributed by atoms with E-state index in [1.807, 2.05) is 0 Å². The fourth-order valence-electron chi connectivity index (χ4n) is 3.26. The van der Waals surface area contributed by atoms with Gasteiger partial charge in [-0.25, -0.2) is 4.39 Å². The second-order valence-electron chi connectivity index (χ2n) is 6.72.